The predicted octanol–water partition coefficient (Wildman–Crippen LogP) is 4.45. The van der Waals surface area contributed by atoms with Gasteiger partial charge in [-0.3, -0.25) is 4.90 Å². The number of alkyl halides is 2. The van der Waals surface area contributed by atoms with Crippen LogP contribution in [0.15, 0.2) is 36.4 Å². The molecule has 3 heterocycles. The van der Waals surface area contributed by atoms with Crippen LogP contribution in [0.5, 0.6) is 5.75 Å². The fourth-order valence-corrected chi connectivity index (χ4v) is 4.77. The lowest BCUT2D eigenvalue weighted by Crippen LogP contribution is -2.46. The predicted molar refractivity (Wildman–Crippen MR) is 127 cm³/mol. The number of allylic oxidation sites excluding steroid dienone is 1. The van der Waals surface area contributed by atoms with E-state index in [1.54, 1.807) is 0 Å². The van der Waals surface area contributed by atoms with E-state index in [1.807, 2.05) is 13.0 Å². The molecule has 1 aromatic heterocycles. The second kappa shape index (κ2) is 9.73. The Morgan fingerprint density at radius 2 is 2.09 bits per heavy atom. The molecule has 1 aromatic carbocycles. The molecule has 0 radical (unpaired) electrons. The van der Waals surface area contributed by atoms with Crippen molar-refractivity contribution in [2.45, 2.75) is 57.5 Å². The number of nitrogens with one attached hydrogen (secondary N) is 2. The van der Waals surface area contributed by atoms with Crippen molar-refractivity contribution >= 4 is 5.82 Å². The Bertz CT molecular complexity index is 1010. The molecule has 0 aliphatic carbocycles. The van der Waals surface area contributed by atoms with Crippen molar-refractivity contribution < 1.29 is 13.9 Å². The molecule has 0 unspecified atom stereocenters. The van der Waals surface area contributed by atoms with E-state index in [-0.39, 0.29) is 16.9 Å². The van der Waals surface area contributed by atoms with Crippen LogP contribution >= 0.6 is 0 Å². The van der Waals surface area contributed by atoms with Gasteiger partial charge in [-0.05, 0) is 82.0 Å². The van der Waals surface area contributed by atoms with E-state index in [0.717, 1.165) is 50.7 Å². The van der Waals surface area contributed by atoms with E-state index in [9.17, 15) is 13.9 Å². The molecule has 2 saturated heterocycles. The summed E-state index contributed by atoms with van der Waals surface area (Å²) >= 11 is 0. The van der Waals surface area contributed by atoms with Crippen LogP contribution in [0, 0.1) is 6.92 Å². The zero-order valence-electron chi connectivity index (χ0n) is 19.4. The molecule has 178 valence electrons. The molecule has 2 fully saturated rings. The molecule has 2 aliphatic rings. The highest BCUT2D eigenvalue weighted by molar-refractivity contribution is 5.70. The quantitative estimate of drug-likeness (QED) is 0.534. The van der Waals surface area contributed by atoms with Gasteiger partial charge in [-0.2, -0.15) is 8.78 Å². The van der Waals surface area contributed by atoms with Gasteiger partial charge in [0.1, 0.15) is 11.6 Å². The summed E-state index contributed by atoms with van der Waals surface area (Å²) in [4.78, 5) is 2.51. The lowest BCUT2D eigenvalue weighted by molar-refractivity contribution is 0.0383. The summed E-state index contributed by atoms with van der Waals surface area (Å²) in [6.07, 6.45) is 4.73. The number of aryl methyl sites for hydroxylation is 1. The van der Waals surface area contributed by atoms with Gasteiger partial charge in [0.05, 0.1) is 5.69 Å². The molecule has 4 rings (SSSR count). The largest absolute Gasteiger partial charge is 0.507 e. The number of benzene rings is 1. The Hall–Kier alpha value is -2.58. The first-order valence-electron chi connectivity index (χ1n) is 11.7. The number of hydrogen-bond acceptors (Lipinski definition) is 6. The maximum absolute atomic E-state index is 14.2. The number of hydrogen-bond donors (Lipinski definition) is 3. The molecule has 0 spiro atoms. The number of likely N-dealkylation sites (tertiary alicyclic amines) is 1. The van der Waals surface area contributed by atoms with Crippen LogP contribution in [0.2, 0.25) is 0 Å². The van der Waals surface area contributed by atoms with Gasteiger partial charge in [-0.15, -0.1) is 10.2 Å². The summed E-state index contributed by atoms with van der Waals surface area (Å²) in [5.41, 5.74) is 1.09. The van der Waals surface area contributed by atoms with Crippen LogP contribution in [-0.4, -0.2) is 58.5 Å². The molecule has 33 heavy (non-hydrogen) atoms. The van der Waals surface area contributed by atoms with Gasteiger partial charge in [0, 0.05) is 36.3 Å². The number of anilines is 1. The van der Waals surface area contributed by atoms with Crippen LogP contribution in [0.25, 0.3) is 11.3 Å². The van der Waals surface area contributed by atoms with Crippen molar-refractivity contribution in [2.75, 3.05) is 31.5 Å². The maximum atomic E-state index is 14.2. The van der Waals surface area contributed by atoms with Crippen LogP contribution in [0.1, 0.15) is 43.7 Å². The second-order valence-corrected chi connectivity index (χ2v) is 9.38. The summed E-state index contributed by atoms with van der Waals surface area (Å²) in [6, 6.07) is 6.63. The van der Waals surface area contributed by atoms with Gasteiger partial charge in [0.2, 0.25) is 0 Å². The summed E-state index contributed by atoms with van der Waals surface area (Å²) in [5, 5.41) is 26.1. The van der Waals surface area contributed by atoms with E-state index in [2.05, 4.69) is 32.3 Å². The Morgan fingerprint density at radius 1 is 1.27 bits per heavy atom. The number of aromatic nitrogens is 2. The lowest BCUT2D eigenvalue weighted by atomic mass is 9.98. The first-order valence-corrected chi connectivity index (χ1v) is 11.7. The van der Waals surface area contributed by atoms with Crippen LogP contribution < -0.4 is 10.6 Å². The zero-order chi connectivity index (χ0) is 23.6. The molecule has 2 aromatic rings. The van der Waals surface area contributed by atoms with Crippen LogP contribution in [0.3, 0.4) is 0 Å². The van der Waals surface area contributed by atoms with Crippen molar-refractivity contribution in [3.05, 3.63) is 47.5 Å². The van der Waals surface area contributed by atoms with Gasteiger partial charge in [-0.25, -0.2) is 0 Å². The number of halogens is 2. The minimum atomic E-state index is -3.20. The van der Waals surface area contributed by atoms with E-state index in [4.69, 9.17) is 0 Å². The third kappa shape index (κ3) is 5.33. The highest BCUT2D eigenvalue weighted by atomic mass is 19.3. The molecule has 2 aliphatic heterocycles. The molecule has 8 heteroatoms. The maximum Gasteiger partial charge on any atom is 0.294 e. The average molecular weight is 458 g/mol. The van der Waals surface area contributed by atoms with E-state index in [1.165, 1.54) is 31.9 Å². The molecule has 0 bridgehead atoms. The van der Waals surface area contributed by atoms with Gasteiger partial charge in [0.25, 0.3) is 5.92 Å². The number of aromatic hydroxyl groups is 1. The van der Waals surface area contributed by atoms with Crippen LogP contribution in [0.4, 0.5) is 14.6 Å². The Kier molecular flexibility index (Phi) is 6.95. The summed E-state index contributed by atoms with van der Waals surface area (Å²) < 4.78 is 28.5. The standard InChI is InChI=1S/C25H33F2N5O/c1-16(2)25(26,27)18-8-9-21(22(33)13-18)24-17(3)12-23(30-31-24)29-20-7-5-11-32(15-20)14-19-6-4-10-28-19/h8-9,12-13,19-20,28,33H,1,4-7,10-11,14-15H2,2-3H3,(H,29,30)/t19-,20+/m0/s1. The first-order chi connectivity index (χ1) is 15.7. The van der Waals surface area contributed by atoms with Crippen molar-refractivity contribution in [1.82, 2.24) is 20.4 Å². The van der Waals surface area contributed by atoms with E-state index >= 15 is 0 Å². The number of phenolic OH excluding ortho intramolecular Hbond substituents is 1. The third-order valence-corrected chi connectivity index (χ3v) is 6.63. The van der Waals surface area contributed by atoms with Gasteiger partial charge < -0.3 is 15.7 Å². The molecular formula is C25H33F2N5O. The average Bonchev–Trinajstić information content (AvgIpc) is 3.27. The Balaban J connectivity index is 1.44. The fraction of sp³-hybridized carbons (Fsp3) is 0.520. The molecule has 0 amide bonds. The SMILES string of the molecule is C=C(C)C(F)(F)c1ccc(-c2nnc(N[C@@H]3CCCN(C[C@@H]4CCCN4)C3)cc2C)c(O)c1. The minimum absolute atomic E-state index is 0.255. The topological polar surface area (TPSA) is 73.3 Å². The van der Waals surface area contributed by atoms with Gasteiger partial charge in [-0.1, -0.05) is 12.6 Å². The molecule has 2 atom stereocenters. The molecule has 6 nitrogen and oxygen atoms in total. The normalized spacial score (nSPS) is 21.8. The summed E-state index contributed by atoms with van der Waals surface area (Å²) in [5.74, 6) is -2.77. The molecule has 3 N–H and O–H groups in total. The highest BCUT2D eigenvalue weighted by Crippen LogP contribution is 2.39. The van der Waals surface area contributed by atoms with Gasteiger partial charge >= 0.3 is 0 Å². The number of nitrogens with zero attached hydrogens (tertiary/aromatic N) is 3. The Morgan fingerprint density at radius 3 is 2.76 bits per heavy atom. The number of phenols is 1. The van der Waals surface area contributed by atoms with Crippen LogP contribution in [-0.2, 0) is 5.92 Å². The first kappa shape index (κ1) is 23.6. The summed E-state index contributed by atoms with van der Waals surface area (Å²) in [6.45, 7) is 10.8. The van der Waals surface area contributed by atoms with Crippen molar-refractivity contribution in [3.63, 3.8) is 0 Å². The van der Waals surface area contributed by atoms with E-state index in [0.29, 0.717) is 29.2 Å². The Labute approximate surface area is 194 Å². The number of piperidine rings is 1. The fourth-order valence-electron chi connectivity index (χ4n) is 4.77. The molecule has 0 saturated carbocycles. The lowest BCUT2D eigenvalue weighted by Gasteiger charge is -2.34. The number of rotatable bonds is 7. The summed E-state index contributed by atoms with van der Waals surface area (Å²) in [7, 11) is 0. The van der Waals surface area contributed by atoms with Gasteiger partial charge in [0.15, 0.2) is 0 Å². The third-order valence-electron chi connectivity index (χ3n) is 6.63. The van der Waals surface area contributed by atoms with Crippen molar-refractivity contribution in [2.24, 2.45) is 0 Å². The smallest absolute Gasteiger partial charge is 0.294 e. The zero-order valence-corrected chi connectivity index (χ0v) is 19.4. The van der Waals surface area contributed by atoms with E-state index < -0.39 is 5.92 Å². The van der Waals surface area contributed by atoms with Crippen molar-refractivity contribution in [3.8, 4) is 17.0 Å². The monoisotopic (exact) mass is 457 g/mol. The highest BCUT2D eigenvalue weighted by Gasteiger charge is 2.33. The van der Waals surface area contributed by atoms with Crippen molar-refractivity contribution in [1.29, 1.82) is 0 Å². The second-order valence-electron chi connectivity index (χ2n) is 9.38. The minimum Gasteiger partial charge on any atom is -0.507 e. The molecular weight excluding hydrogens is 424 g/mol.